The summed E-state index contributed by atoms with van der Waals surface area (Å²) < 4.78 is 24.3. The van der Waals surface area contributed by atoms with Gasteiger partial charge in [0.15, 0.2) is 11.5 Å². The lowest BCUT2D eigenvalue weighted by Crippen LogP contribution is -2.41. The van der Waals surface area contributed by atoms with Crippen LogP contribution in [0.3, 0.4) is 0 Å². The molecule has 3 N–H and O–H groups in total. The minimum absolute atomic E-state index is 0.0558. The molecule has 0 unspecified atom stereocenters. The van der Waals surface area contributed by atoms with Crippen molar-refractivity contribution in [1.82, 2.24) is 19.5 Å². The number of ether oxygens (including phenoxy) is 4. The number of para-hydroxylation sites is 1. The number of methoxy groups -OCH3 is 3. The number of amides is 1. The molecular formula is C28H33N7O5. The minimum atomic E-state index is -0.470. The third-order valence-corrected chi connectivity index (χ3v) is 6.66. The molecule has 0 bridgehead atoms. The van der Waals surface area contributed by atoms with Gasteiger partial charge in [0, 0.05) is 24.1 Å². The number of benzene rings is 2. The van der Waals surface area contributed by atoms with E-state index in [1.807, 2.05) is 59.8 Å². The summed E-state index contributed by atoms with van der Waals surface area (Å²) >= 11 is 0. The van der Waals surface area contributed by atoms with Crippen LogP contribution in [-0.4, -0.2) is 65.4 Å². The number of primary amides is 1. The Balaban J connectivity index is 1.56. The van der Waals surface area contributed by atoms with Gasteiger partial charge in [0.2, 0.25) is 17.6 Å². The highest BCUT2D eigenvalue weighted by atomic mass is 16.5. The molecule has 1 amide bonds. The van der Waals surface area contributed by atoms with Crippen molar-refractivity contribution in [3.05, 3.63) is 42.9 Å². The normalized spacial score (nSPS) is 14.9. The average molecular weight is 548 g/mol. The molecule has 0 spiro atoms. The van der Waals surface area contributed by atoms with Crippen molar-refractivity contribution >= 4 is 34.4 Å². The number of rotatable bonds is 10. The number of hydrogen-bond donors (Lipinski definition) is 2. The SMILES string of the molecule is COc1cc(-n2cnc(Nc3nc(N4CCC[C@H]4C(N)=O)nc4c(OC(C)C)cccc34)c2)cc(OC)c1OC. The van der Waals surface area contributed by atoms with E-state index in [1.54, 1.807) is 27.7 Å². The van der Waals surface area contributed by atoms with E-state index < -0.39 is 11.9 Å². The first-order valence-corrected chi connectivity index (χ1v) is 13.0. The molecule has 4 aromatic rings. The molecule has 5 rings (SSSR count). The Hall–Kier alpha value is -4.74. The first-order chi connectivity index (χ1) is 19.3. The highest BCUT2D eigenvalue weighted by molar-refractivity contribution is 5.95. The van der Waals surface area contributed by atoms with E-state index in [1.165, 1.54) is 0 Å². The molecule has 1 aliphatic heterocycles. The van der Waals surface area contributed by atoms with Gasteiger partial charge in [-0.05, 0) is 38.8 Å². The van der Waals surface area contributed by atoms with Gasteiger partial charge in [0.05, 0.1) is 39.3 Å². The van der Waals surface area contributed by atoms with E-state index in [0.717, 1.165) is 17.5 Å². The lowest BCUT2D eigenvalue weighted by molar-refractivity contribution is -0.119. The van der Waals surface area contributed by atoms with Gasteiger partial charge < -0.3 is 39.5 Å². The molecule has 3 heterocycles. The largest absolute Gasteiger partial charge is 0.493 e. The Morgan fingerprint density at radius 3 is 2.48 bits per heavy atom. The van der Waals surface area contributed by atoms with Crippen LogP contribution in [0.15, 0.2) is 42.9 Å². The minimum Gasteiger partial charge on any atom is -0.493 e. The number of nitrogens with one attached hydrogen (secondary N) is 1. The zero-order valence-corrected chi connectivity index (χ0v) is 23.2. The molecule has 12 heteroatoms. The van der Waals surface area contributed by atoms with Crippen LogP contribution in [0.5, 0.6) is 23.0 Å². The van der Waals surface area contributed by atoms with Crippen molar-refractivity contribution in [1.29, 1.82) is 0 Å². The van der Waals surface area contributed by atoms with Crippen LogP contribution in [0, 0.1) is 0 Å². The number of carbonyl (C=O) groups is 1. The summed E-state index contributed by atoms with van der Waals surface area (Å²) in [6.45, 7) is 4.54. The van der Waals surface area contributed by atoms with Crippen molar-refractivity contribution in [3.8, 4) is 28.7 Å². The number of nitrogens with two attached hydrogens (primary N) is 1. The summed E-state index contributed by atoms with van der Waals surface area (Å²) in [5, 5.41) is 4.09. The number of nitrogens with zero attached hydrogens (tertiary/aromatic N) is 5. The first kappa shape index (κ1) is 26.9. The second kappa shape index (κ2) is 11.2. The molecule has 210 valence electrons. The fraction of sp³-hybridized carbons (Fsp3) is 0.357. The molecular weight excluding hydrogens is 514 g/mol. The van der Waals surface area contributed by atoms with Gasteiger partial charge in [-0.2, -0.15) is 4.98 Å². The van der Waals surface area contributed by atoms with Gasteiger partial charge in [0.25, 0.3) is 0 Å². The zero-order valence-electron chi connectivity index (χ0n) is 23.2. The molecule has 1 atom stereocenters. The van der Waals surface area contributed by atoms with Gasteiger partial charge in [-0.3, -0.25) is 4.79 Å². The van der Waals surface area contributed by atoms with E-state index in [9.17, 15) is 4.79 Å². The van der Waals surface area contributed by atoms with Crippen LogP contribution in [-0.2, 0) is 4.79 Å². The smallest absolute Gasteiger partial charge is 0.240 e. The van der Waals surface area contributed by atoms with Crippen LogP contribution in [0.1, 0.15) is 26.7 Å². The number of anilines is 3. The van der Waals surface area contributed by atoms with Crippen LogP contribution in [0.25, 0.3) is 16.6 Å². The predicted octanol–water partition coefficient (Wildman–Crippen LogP) is 3.83. The monoisotopic (exact) mass is 547 g/mol. The summed E-state index contributed by atoms with van der Waals surface area (Å²) in [5.74, 6) is 3.26. The summed E-state index contributed by atoms with van der Waals surface area (Å²) in [5.41, 5.74) is 7.09. The molecule has 0 aliphatic carbocycles. The zero-order chi connectivity index (χ0) is 28.4. The van der Waals surface area contributed by atoms with Crippen molar-refractivity contribution in [3.63, 3.8) is 0 Å². The molecule has 1 saturated heterocycles. The van der Waals surface area contributed by atoms with Gasteiger partial charge in [-0.15, -0.1) is 0 Å². The first-order valence-electron chi connectivity index (χ1n) is 13.0. The summed E-state index contributed by atoms with van der Waals surface area (Å²) in [7, 11) is 4.70. The highest BCUT2D eigenvalue weighted by Gasteiger charge is 2.32. The molecule has 1 fully saturated rings. The number of hydrogen-bond acceptors (Lipinski definition) is 10. The maximum Gasteiger partial charge on any atom is 0.240 e. The molecule has 0 saturated carbocycles. The van der Waals surface area contributed by atoms with Gasteiger partial charge in [-0.1, -0.05) is 6.07 Å². The maximum absolute atomic E-state index is 12.2. The molecule has 40 heavy (non-hydrogen) atoms. The Morgan fingerprint density at radius 1 is 1.07 bits per heavy atom. The summed E-state index contributed by atoms with van der Waals surface area (Å²) in [6, 6.07) is 8.88. The molecule has 12 nitrogen and oxygen atoms in total. The molecule has 0 radical (unpaired) electrons. The van der Waals surface area contributed by atoms with Gasteiger partial charge >= 0.3 is 0 Å². The predicted molar refractivity (Wildman–Crippen MR) is 151 cm³/mol. The van der Waals surface area contributed by atoms with Crippen molar-refractivity contribution in [2.24, 2.45) is 5.73 Å². The standard InChI is InChI=1S/C28H33N7O5/c1-16(2)40-20-10-6-8-18-24(20)32-28(35-11-7-9-19(35)26(29)36)33-27(18)31-23-14-34(15-30-23)17-12-21(37-3)25(39-5)22(13-17)38-4/h6,8,10,12-16,19H,7,9,11H2,1-5H3,(H2,29,36)(H,31,32,33)/t19-/m0/s1. The van der Waals surface area contributed by atoms with Crippen molar-refractivity contribution in [2.75, 3.05) is 38.1 Å². The van der Waals surface area contributed by atoms with Crippen LogP contribution < -0.4 is 34.9 Å². The number of carbonyl (C=O) groups excluding carboxylic acids is 1. The van der Waals surface area contributed by atoms with Crippen LogP contribution >= 0.6 is 0 Å². The Bertz CT molecular complexity index is 1510. The third-order valence-electron chi connectivity index (χ3n) is 6.66. The molecule has 2 aromatic carbocycles. The lowest BCUT2D eigenvalue weighted by atomic mass is 10.2. The lowest BCUT2D eigenvalue weighted by Gasteiger charge is -2.23. The second-order valence-corrected chi connectivity index (χ2v) is 9.62. The Morgan fingerprint density at radius 2 is 1.82 bits per heavy atom. The van der Waals surface area contributed by atoms with Crippen LogP contribution in [0.4, 0.5) is 17.6 Å². The quantitative estimate of drug-likeness (QED) is 0.301. The fourth-order valence-corrected chi connectivity index (χ4v) is 4.85. The fourth-order valence-electron chi connectivity index (χ4n) is 4.85. The van der Waals surface area contributed by atoms with E-state index in [2.05, 4.69) is 10.3 Å². The summed E-state index contributed by atoms with van der Waals surface area (Å²) in [4.78, 5) is 28.2. The third kappa shape index (κ3) is 5.12. The van der Waals surface area contributed by atoms with E-state index in [4.69, 9.17) is 34.6 Å². The van der Waals surface area contributed by atoms with Gasteiger partial charge in [0.1, 0.15) is 35.3 Å². The number of aromatic nitrogens is 4. The highest BCUT2D eigenvalue weighted by Crippen LogP contribution is 2.40. The number of fused-ring (bicyclic) bond motifs is 1. The Kier molecular flexibility index (Phi) is 7.50. The van der Waals surface area contributed by atoms with Crippen LogP contribution in [0.2, 0.25) is 0 Å². The Labute approximate surface area is 232 Å². The van der Waals surface area contributed by atoms with Crippen molar-refractivity contribution < 1.29 is 23.7 Å². The van der Waals surface area contributed by atoms with Crippen molar-refractivity contribution in [2.45, 2.75) is 38.8 Å². The van der Waals surface area contributed by atoms with Gasteiger partial charge in [-0.25, -0.2) is 9.97 Å². The molecule has 1 aliphatic rings. The molecule has 2 aromatic heterocycles. The average Bonchev–Trinajstić information content (AvgIpc) is 3.62. The summed E-state index contributed by atoms with van der Waals surface area (Å²) in [6.07, 6.45) is 4.92. The number of imidazole rings is 1. The van der Waals surface area contributed by atoms with E-state index in [0.29, 0.717) is 59.1 Å². The maximum atomic E-state index is 12.2. The van der Waals surface area contributed by atoms with E-state index in [-0.39, 0.29) is 6.10 Å². The van der Waals surface area contributed by atoms with E-state index >= 15 is 0 Å². The topological polar surface area (TPSA) is 139 Å². The second-order valence-electron chi connectivity index (χ2n) is 9.62.